The summed E-state index contributed by atoms with van der Waals surface area (Å²) in [6, 6.07) is 17.4. The molecule has 0 aliphatic carbocycles. The minimum atomic E-state index is -0.929. The van der Waals surface area contributed by atoms with E-state index in [2.05, 4.69) is 23.7 Å². The average Bonchev–Trinajstić information content (AvgIpc) is 2.45. The van der Waals surface area contributed by atoms with Crippen molar-refractivity contribution in [2.24, 2.45) is 0 Å². The Hall–Kier alpha value is -2.48. The highest BCUT2D eigenvalue weighted by molar-refractivity contribution is 5.40. The summed E-state index contributed by atoms with van der Waals surface area (Å²) in [5.41, 5.74) is 2.94. The molecule has 2 aromatic carbocycles. The number of aliphatic hydroxyl groups is 1. The molecule has 92 valence electrons. The predicted molar refractivity (Wildman–Crippen MR) is 77.4 cm³/mol. The monoisotopic (exact) mass is 246 g/mol. The molecule has 1 atom stereocenters. The molecule has 0 radical (unpaired) electrons. The molecule has 0 amide bonds. The summed E-state index contributed by atoms with van der Waals surface area (Å²) in [4.78, 5) is 0. The molecule has 0 saturated carbocycles. The minimum Gasteiger partial charge on any atom is -0.369 e. The van der Waals surface area contributed by atoms with E-state index in [-0.39, 0.29) is 0 Å². The van der Waals surface area contributed by atoms with Gasteiger partial charge in [-0.25, -0.2) is 0 Å². The van der Waals surface area contributed by atoms with Crippen LogP contribution in [0.1, 0.15) is 16.7 Å². The normalized spacial score (nSPS) is 10.6. The van der Waals surface area contributed by atoms with E-state index in [0.29, 0.717) is 0 Å². The van der Waals surface area contributed by atoms with Gasteiger partial charge in [0.2, 0.25) is 0 Å². The van der Waals surface area contributed by atoms with Crippen LogP contribution < -0.4 is 0 Å². The van der Waals surface area contributed by atoms with E-state index in [1.165, 1.54) is 5.56 Å². The first-order valence-electron chi connectivity index (χ1n) is 6.07. The lowest BCUT2D eigenvalue weighted by molar-refractivity contribution is 0.289. The zero-order chi connectivity index (χ0) is 13.5. The van der Waals surface area contributed by atoms with Gasteiger partial charge in [0, 0.05) is 11.1 Å². The van der Waals surface area contributed by atoms with Gasteiger partial charge in [0.25, 0.3) is 0 Å². The Kier molecular flexibility index (Phi) is 4.40. The van der Waals surface area contributed by atoms with Gasteiger partial charge in [0.1, 0.15) is 0 Å². The molecule has 0 spiro atoms. The van der Waals surface area contributed by atoms with E-state index in [1.54, 1.807) is 0 Å². The first-order chi connectivity index (χ1) is 9.24. The fraction of sp³-hybridized carbons (Fsp3) is 0.111. The van der Waals surface area contributed by atoms with Crippen LogP contribution in [0.3, 0.4) is 0 Å². The summed E-state index contributed by atoms with van der Waals surface area (Å²) in [7, 11) is 0. The second-order valence-corrected chi connectivity index (χ2v) is 4.17. The molecule has 2 aromatic rings. The van der Waals surface area contributed by atoms with Crippen LogP contribution in [-0.2, 0) is 0 Å². The minimum absolute atomic E-state index is 0.874. The SMILES string of the molecule is Cc1ccc(C#C[C@H](O)C#Cc2ccccc2)cc1. The van der Waals surface area contributed by atoms with Crippen LogP contribution in [0.4, 0.5) is 0 Å². The Balaban J connectivity index is 2.05. The molecular weight excluding hydrogens is 232 g/mol. The smallest absolute Gasteiger partial charge is 0.177 e. The summed E-state index contributed by atoms with van der Waals surface area (Å²) >= 11 is 0. The third-order valence-electron chi connectivity index (χ3n) is 2.53. The van der Waals surface area contributed by atoms with Gasteiger partial charge in [-0.3, -0.25) is 0 Å². The maximum absolute atomic E-state index is 9.68. The van der Waals surface area contributed by atoms with Crippen LogP contribution in [0.15, 0.2) is 54.6 Å². The summed E-state index contributed by atoms with van der Waals surface area (Å²) in [6.45, 7) is 2.03. The molecular formula is C18H14O. The van der Waals surface area contributed by atoms with Crippen LogP contribution in [0, 0.1) is 30.6 Å². The molecule has 0 saturated heterocycles. The van der Waals surface area contributed by atoms with Crippen LogP contribution >= 0.6 is 0 Å². The summed E-state index contributed by atoms with van der Waals surface area (Å²) < 4.78 is 0. The quantitative estimate of drug-likeness (QED) is 0.709. The molecule has 0 aromatic heterocycles. The molecule has 1 nitrogen and oxygen atoms in total. The predicted octanol–water partition coefficient (Wildman–Crippen LogP) is 2.76. The Morgan fingerprint density at radius 2 is 1.32 bits per heavy atom. The van der Waals surface area contributed by atoms with E-state index in [9.17, 15) is 5.11 Å². The highest BCUT2D eigenvalue weighted by Gasteiger charge is 1.91. The van der Waals surface area contributed by atoms with Gasteiger partial charge in [-0.2, -0.15) is 0 Å². The summed E-state index contributed by atoms with van der Waals surface area (Å²) in [6.07, 6.45) is -0.929. The molecule has 0 bridgehead atoms. The molecule has 0 unspecified atom stereocenters. The Bertz CT molecular complexity index is 646. The molecule has 2 rings (SSSR count). The summed E-state index contributed by atoms with van der Waals surface area (Å²) in [5, 5.41) is 9.68. The third-order valence-corrected chi connectivity index (χ3v) is 2.53. The van der Waals surface area contributed by atoms with Crippen molar-refractivity contribution in [1.29, 1.82) is 0 Å². The zero-order valence-corrected chi connectivity index (χ0v) is 10.7. The largest absolute Gasteiger partial charge is 0.369 e. The lowest BCUT2D eigenvalue weighted by Gasteiger charge is -1.93. The Morgan fingerprint density at radius 1 is 0.789 bits per heavy atom. The Morgan fingerprint density at radius 3 is 1.89 bits per heavy atom. The van der Waals surface area contributed by atoms with Crippen LogP contribution in [0.5, 0.6) is 0 Å². The van der Waals surface area contributed by atoms with E-state index >= 15 is 0 Å². The number of rotatable bonds is 0. The molecule has 1 heteroatoms. The van der Waals surface area contributed by atoms with Crippen LogP contribution in [0.25, 0.3) is 0 Å². The zero-order valence-electron chi connectivity index (χ0n) is 10.7. The van der Waals surface area contributed by atoms with E-state index in [4.69, 9.17) is 0 Å². The first kappa shape index (κ1) is 13.0. The average molecular weight is 246 g/mol. The van der Waals surface area contributed by atoms with Crippen molar-refractivity contribution in [2.45, 2.75) is 13.0 Å². The molecule has 0 fully saturated rings. The molecule has 0 heterocycles. The van der Waals surface area contributed by atoms with Crippen molar-refractivity contribution in [1.82, 2.24) is 0 Å². The molecule has 1 N–H and O–H groups in total. The van der Waals surface area contributed by atoms with Gasteiger partial charge >= 0.3 is 0 Å². The second-order valence-electron chi connectivity index (χ2n) is 4.17. The van der Waals surface area contributed by atoms with Gasteiger partial charge < -0.3 is 5.11 Å². The van der Waals surface area contributed by atoms with Gasteiger partial charge in [0.15, 0.2) is 6.10 Å². The fourth-order valence-electron chi connectivity index (χ4n) is 1.50. The van der Waals surface area contributed by atoms with E-state index in [0.717, 1.165) is 11.1 Å². The summed E-state index contributed by atoms with van der Waals surface area (Å²) in [5.74, 6) is 11.2. The number of aryl methyl sites for hydroxylation is 1. The number of hydrogen-bond acceptors (Lipinski definition) is 1. The lowest BCUT2D eigenvalue weighted by atomic mass is 10.1. The Labute approximate surface area is 113 Å². The van der Waals surface area contributed by atoms with Crippen LogP contribution in [-0.4, -0.2) is 11.2 Å². The second kappa shape index (κ2) is 6.45. The molecule has 0 aliphatic heterocycles. The number of benzene rings is 2. The maximum Gasteiger partial charge on any atom is 0.177 e. The molecule has 19 heavy (non-hydrogen) atoms. The van der Waals surface area contributed by atoms with E-state index < -0.39 is 6.10 Å². The van der Waals surface area contributed by atoms with Crippen molar-refractivity contribution < 1.29 is 5.11 Å². The molecule has 0 aliphatic rings. The lowest BCUT2D eigenvalue weighted by Crippen LogP contribution is -1.97. The van der Waals surface area contributed by atoms with Gasteiger partial charge in [0.05, 0.1) is 0 Å². The standard InChI is InChI=1S/C18H14O/c1-15-7-9-17(10-8-15)12-14-18(19)13-11-16-5-3-2-4-6-16/h2-10,18-19H,1H3/t18-/m1/s1. The topological polar surface area (TPSA) is 20.2 Å². The maximum atomic E-state index is 9.68. The number of hydrogen-bond donors (Lipinski definition) is 1. The van der Waals surface area contributed by atoms with Gasteiger partial charge in [-0.05, 0) is 31.2 Å². The van der Waals surface area contributed by atoms with Gasteiger partial charge in [-0.1, -0.05) is 59.6 Å². The highest BCUT2D eigenvalue weighted by atomic mass is 16.3. The van der Waals surface area contributed by atoms with Crippen molar-refractivity contribution in [2.75, 3.05) is 0 Å². The van der Waals surface area contributed by atoms with Crippen molar-refractivity contribution >= 4 is 0 Å². The van der Waals surface area contributed by atoms with E-state index in [1.807, 2.05) is 61.5 Å². The fourth-order valence-corrected chi connectivity index (χ4v) is 1.50. The van der Waals surface area contributed by atoms with Crippen molar-refractivity contribution in [3.8, 4) is 23.7 Å². The van der Waals surface area contributed by atoms with Gasteiger partial charge in [-0.15, -0.1) is 0 Å². The van der Waals surface area contributed by atoms with Crippen LogP contribution in [0.2, 0.25) is 0 Å². The van der Waals surface area contributed by atoms with Crippen molar-refractivity contribution in [3.63, 3.8) is 0 Å². The van der Waals surface area contributed by atoms with Crippen molar-refractivity contribution in [3.05, 3.63) is 71.3 Å². The first-order valence-corrected chi connectivity index (χ1v) is 6.07. The highest BCUT2D eigenvalue weighted by Crippen LogP contribution is 2.01. The third kappa shape index (κ3) is 4.36. The number of aliphatic hydroxyl groups excluding tert-OH is 1.